The number of hydrogen-bond donors (Lipinski definition) is 3. The van der Waals surface area contributed by atoms with Crippen LogP contribution in [0.25, 0.3) is 0 Å². The lowest BCUT2D eigenvalue weighted by molar-refractivity contribution is -0.385. The van der Waals surface area contributed by atoms with Gasteiger partial charge in [0.15, 0.2) is 0 Å². The van der Waals surface area contributed by atoms with Crippen LogP contribution >= 0.6 is 28.3 Å². The van der Waals surface area contributed by atoms with Gasteiger partial charge in [-0.25, -0.2) is 0 Å². The van der Waals surface area contributed by atoms with Crippen LogP contribution in [0, 0.1) is 15.5 Å². The van der Waals surface area contributed by atoms with Crippen LogP contribution in [0.5, 0.6) is 5.75 Å². The van der Waals surface area contributed by atoms with Crippen molar-refractivity contribution in [2.24, 2.45) is 11.1 Å². The van der Waals surface area contributed by atoms with Crippen molar-refractivity contribution in [2.75, 3.05) is 0 Å². The normalized spacial score (nSPS) is 14.3. The zero-order valence-corrected chi connectivity index (χ0v) is 13.7. The standard InChI is InChI=1S/C12H17BrN2O4.ClH/c1-12(2,3)11(17)9(14)7-4-6(15(18)19)5-8(13)10(7)16;/h4-5,9,11,16-17H,14H2,1-3H3;1H/t9-,11-;/m1./s1. The van der Waals surface area contributed by atoms with E-state index in [0.717, 1.165) is 0 Å². The first-order chi connectivity index (χ1) is 8.55. The minimum atomic E-state index is -0.952. The second-order valence-electron chi connectivity index (χ2n) is 5.46. The van der Waals surface area contributed by atoms with Crippen molar-refractivity contribution in [3.8, 4) is 5.75 Å². The molecule has 1 aromatic carbocycles. The molecule has 0 spiro atoms. The zero-order valence-electron chi connectivity index (χ0n) is 11.3. The molecular weight excluding hydrogens is 351 g/mol. The smallest absolute Gasteiger partial charge is 0.271 e. The van der Waals surface area contributed by atoms with Gasteiger partial charge in [-0.15, -0.1) is 12.4 Å². The molecule has 114 valence electrons. The molecule has 0 heterocycles. The molecule has 0 fully saturated rings. The first-order valence-electron chi connectivity index (χ1n) is 5.66. The van der Waals surface area contributed by atoms with Gasteiger partial charge < -0.3 is 15.9 Å². The van der Waals surface area contributed by atoms with Gasteiger partial charge in [-0.2, -0.15) is 0 Å². The van der Waals surface area contributed by atoms with Gasteiger partial charge in [0, 0.05) is 17.7 Å². The summed E-state index contributed by atoms with van der Waals surface area (Å²) >= 11 is 3.04. The Morgan fingerprint density at radius 1 is 1.40 bits per heavy atom. The van der Waals surface area contributed by atoms with Crippen LogP contribution in [0.4, 0.5) is 5.69 Å². The summed E-state index contributed by atoms with van der Waals surface area (Å²) < 4.78 is 0.174. The number of non-ortho nitro benzene ring substituents is 1. The summed E-state index contributed by atoms with van der Waals surface area (Å²) in [5.41, 5.74) is 5.34. The van der Waals surface area contributed by atoms with Crippen LogP contribution in [0.2, 0.25) is 0 Å². The average molecular weight is 370 g/mol. The van der Waals surface area contributed by atoms with Gasteiger partial charge in [-0.1, -0.05) is 20.8 Å². The summed E-state index contributed by atoms with van der Waals surface area (Å²) in [5.74, 6) is -0.193. The van der Waals surface area contributed by atoms with Gasteiger partial charge in [-0.3, -0.25) is 10.1 Å². The van der Waals surface area contributed by atoms with Crippen molar-refractivity contribution in [2.45, 2.75) is 32.9 Å². The fraction of sp³-hybridized carbons (Fsp3) is 0.500. The Labute approximate surface area is 131 Å². The van der Waals surface area contributed by atoms with E-state index < -0.39 is 22.5 Å². The van der Waals surface area contributed by atoms with Crippen molar-refractivity contribution in [3.05, 3.63) is 32.3 Å². The molecule has 0 saturated carbocycles. The summed E-state index contributed by atoms with van der Waals surface area (Å²) in [4.78, 5) is 10.2. The summed E-state index contributed by atoms with van der Waals surface area (Å²) in [6.45, 7) is 5.38. The molecule has 0 aliphatic heterocycles. The van der Waals surface area contributed by atoms with E-state index in [-0.39, 0.29) is 33.9 Å². The van der Waals surface area contributed by atoms with Crippen molar-refractivity contribution in [3.63, 3.8) is 0 Å². The summed E-state index contributed by atoms with van der Waals surface area (Å²) in [6, 6.07) is 1.45. The van der Waals surface area contributed by atoms with E-state index in [0.29, 0.717) is 0 Å². The maximum atomic E-state index is 10.8. The highest BCUT2D eigenvalue weighted by atomic mass is 79.9. The highest BCUT2D eigenvalue weighted by Crippen LogP contribution is 2.38. The predicted octanol–water partition coefficient (Wildman–Crippen LogP) is 2.89. The molecule has 20 heavy (non-hydrogen) atoms. The quantitative estimate of drug-likeness (QED) is 0.560. The number of phenolic OH excluding ortho intramolecular Hbond substituents is 1. The van der Waals surface area contributed by atoms with Gasteiger partial charge in [0.05, 0.1) is 21.5 Å². The number of nitro groups is 1. The molecule has 8 heteroatoms. The number of nitro benzene ring substituents is 1. The van der Waals surface area contributed by atoms with Crippen molar-refractivity contribution >= 4 is 34.0 Å². The number of nitrogens with zero attached hydrogens (tertiary/aromatic N) is 1. The Hall–Kier alpha value is -0.890. The van der Waals surface area contributed by atoms with E-state index in [1.807, 2.05) is 0 Å². The SMILES string of the molecule is CC(C)(C)[C@H](O)[C@H](N)c1cc([N+](=O)[O-])cc(Br)c1O.Cl. The maximum absolute atomic E-state index is 10.8. The number of hydrogen-bond acceptors (Lipinski definition) is 5. The number of rotatable bonds is 3. The third-order valence-electron chi connectivity index (χ3n) is 2.88. The topological polar surface area (TPSA) is 110 Å². The molecule has 0 radical (unpaired) electrons. The van der Waals surface area contributed by atoms with E-state index in [1.54, 1.807) is 20.8 Å². The largest absolute Gasteiger partial charge is 0.506 e. The minimum Gasteiger partial charge on any atom is -0.506 e. The summed E-state index contributed by atoms with van der Waals surface area (Å²) in [7, 11) is 0. The van der Waals surface area contributed by atoms with Gasteiger partial charge in [0.2, 0.25) is 0 Å². The lowest BCUT2D eigenvalue weighted by Crippen LogP contribution is -2.37. The second kappa shape index (κ2) is 6.71. The van der Waals surface area contributed by atoms with E-state index >= 15 is 0 Å². The van der Waals surface area contributed by atoms with Crippen molar-refractivity contribution in [1.82, 2.24) is 0 Å². The number of aliphatic hydroxyl groups excluding tert-OH is 1. The van der Waals surface area contributed by atoms with Crippen LogP contribution in [0.3, 0.4) is 0 Å². The number of nitrogens with two attached hydrogens (primary N) is 1. The monoisotopic (exact) mass is 368 g/mol. The second-order valence-corrected chi connectivity index (χ2v) is 6.31. The van der Waals surface area contributed by atoms with Crippen LogP contribution in [-0.4, -0.2) is 21.2 Å². The molecule has 0 aliphatic rings. The Morgan fingerprint density at radius 3 is 2.30 bits per heavy atom. The average Bonchev–Trinajstić information content (AvgIpc) is 2.29. The van der Waals surface area contributed by atoms with Crippen LogP contribution in [0.1, 0.15) is 32.4 Å². The van der Waals surface area contributed by atoms with Crippen LogP contribution in [-0.2, 0) is 0 Å². The van der Waals surface area contributed by atoms with Crippen molar-refractivity contribution in [1.29, 1.82) is 0 Å². The molecule has 0 saturated heterocycles. The van der Waals surface area contributed by atoms with Gasteiger partial charge in [-0.05, 0) is 21.3 Å². The Balaban J connectivity index is 0.00000361. The van der Waals surface area contributed by atoms with E-state index in [2.05, 4.69) is 15.9 Å². The fourth-order valence-corrected chi connectivity index (χ4v) is 2.14. The lowest BCUT2D eigenvalue weighted by atomic mass is 9.82. The first-order valence-corrected chi connectivity index (χ1v) is 6.45. The summed E-state index contributed by atoms with van der Waals surface area (Å²) in [5, 5.41) is 30.9. The number of benzene rings is 1. The third kappa shape index (κ3) is 4.05. The molecule has 0 aromatic heterocycles. The van der Waals surface area contributed by atoms with E-state index in [1.165, 1.54) is 12.1 Å². The maximum Gasteiger partial charge on any atom is 0.271 e. The number of halogens is 2. The molecule has 0 bridgehead atoms. The highest BCUT2D eigenvalue weighted by molar-refractivity contribution is 9.10. The predicted molar refractivity (Wildman–Crippen MR) is 82.1 cm³/mol. The van der Waals surface area contributed by atoms with Gasteiger partial charge >= 0.3 is 0 Å². The number of aromatic hydroxyl groups is 1. The van der Waals surface area contributed by atoms with Crippen molar-refractivity contribution < 1.29 is 15.1 Å². The number of aliphatic hydroxyl groups is 1. The Bertz CT molecular complexity index is 505. The van der Waals surface area contributed by atoms with Crippen LogP contribution in [0.15, 0.2) is 16.6 Å². The Kier molecular flexibility index (Phi) is 6.41. The lowest BCUT2D eigenvalue weighted by Gasteiger charge is -2.31. The van der Waals surface area contributed by atoms with Crippen LogP contribution < -0.4 is 5.73 Å². The fourth-order valence-electron chi connectivity index (χ4n) is 1.67. The van der Waals surface area contributed by atoms with E-state index in [9.17, 15) is 20.3 Å². The van der Waals surface area contributed by atoms with Gasteiger partial charge in [0.25, 0.3) is 5.69 Å². The first kappa shape index (κ1) is 19.1. The molecule has 4 N–H and O–H groups in total. The molecular formula is C12H18BrClN2O4. The molecule has 0 aliphatic carbocycles. The number of phenols is 1. The minimum absolute atomic E-state index is 0. The molecule has 2 atom stereocenters. The van der Waals surface area contributed by atoms with Gasteiger partial charge in [0.1, 0.15) is 5.75 Å². The molecule has 0 amide bonds. The Morgan fingerprint density at radius 2 is 1.90 bits per heavy atom. The summed E-state index contributed by atoms with van der Waals surface area (Å²) in [6.07, 6.45) is -0.952. The third-order valence-corrected chi connectivity index (χ3v) is 3.48. The highest BCUT2D eigenvalue weighted by Gasteiger charge is 2.32. The zero-order chi connectivity index (χ0) is 15.0. The van der Waals surface area contributed by atoms with E-state index in [4.69, 9.17) is 5.73 Å². The molecule has 6 nitrogen and oxygen atoms in total. The molecule has 1 aromatic rings. The molecule has 1 rings (SSSR count). The molecule has 0 unspecified atom stereocenters.